The molecule has 2 atom stereocenters. The lowest BCUT2D eigenvalue weighted by Crippen LogP contribution is -2.57. The number of nitrogens with one attached hydrogen (secondary N) is 1. The number of nitriles is 1. The summed E-state index contributed by atoms with van der Waals surface area (Å²) >= 11 is 0. The predicted molar refractivity (Wildman–Crippen MR) is 72.0 cm³/mol. The summed E-state index contributed by atoms with van der Waals surface area (Å²) in [5, 5.41) is 12.0. The molecule has 2 rings (SSSR count). The molecule has 102 valence electrons. The fraction of sp³-hybridized carbons (Fsp3) is 0.462. The number of hydrogen-bond acceptors (Lipinski definition) is 4. The van der Waals surface area contributed by atoms with Crippen molar-refractivity contribution in [2.24, 2.45) is 0 Å². The van der Waals surface area contributed by atoms with Crippen LogP contribution in [-0.4, -0.2) is 37.9 Å². The Hall–Kier alpha value is -1.42. The van der Waals surface area contributed by atoms with Crippen molar-refractivity contribution in [2.45, 2.75) is 30.8 Å². The molecule has 0 aromatic heterocycles. The van der Waals surface area contributed by atoms with Crippen LogP contribution in [0.25, 0.3) is 0 Å². The highest BCUT2D eigenvalue weighted by atomic mass is 32.2. The van der Waals surface area contributed by atoms with Gasteiger partial charge in [-0.05, 0) is 38.1 Å². The zero-order chi connectivity index (χ0) is 14.0. The highest BCUT2D eigenvalue weighted by Crippen LogP contribution is 2.21. The van der Waals surface area contributed by atoms with Crippen LogP contribution in [-0.2, 0) is 10.0 Å². The molecule has 0 bridgehead atoms. The second-order valence-electron chi connectivity index (χ2n) is 4.74. The molecule has 6 heteroatoms. The Bertz CT molecular complexity index is 589. The molecule has 1 heterocycles. The Kier molecular flexibility index (Phi) is 3.90. The molecule has 2 unspecified atom stereocenters. The average molecular weight is 279 g/mol. The number of rotatable bonds is 2. The first-order valence-corrected chi connectivity index (χ1v) is 7.66. The Morgan fingerprint density at radius 2 is 1.95 bits per heavy atom. The van der Waals surface area contributed by atoms with Gasteiger partial charge in [-0.15, -0.1) is 0 Å². The van der Waals surface area contributed by atoms with E-state index in [0.29, 0.717) is 18.7 Å². The van der Waals surface area contributed by atoms with Gasteiger partial charge in [0.05, 0.1) is 16.5 Å². The van der Waals surface area contributed by atoms with Crippen molar-refractivity contribution in [3.05, 3.63) is 29.8 Å². The third-order valence-electron chi connectivity index (χ3n) is 3.57. The highest BCUT2D eigenvalue weighted by molar-refractivity contribution is 7.89. The van der Waals surface area contributed by atoms with Crippen LogP contribution in [0.3, 0.4) is 0 Å². The van der Waals surface area contributed by atoms with Crippen LogP contribution in [0.1, 0.15) is 19.4 Å². The van der Waals surface area contributed by atoms with Crippen LogP contribution in [0, 0.1) is 11.3 Å². The molecule has 0 radical (unpaired) electrons. The summed E-state index contributed by atoms with van der Waals surface area (Å²) in [6, 6.07) is 8.07. The van der Waals surface area contributed by atoms with Gasteiger partial charge >= 0.3 is 0 Å². The van der Waals surface area contributed by atoms with Gasteiger partial charge in [0.1, 0.15) is 0 Å². The minimum Gasteiger partial charge on any atom is -0.311 e. The van der Waals surface area contributed by atoms with Crippen molar-refractivity contribution in [2.75, 3.05) is 13.1 Å². The summed E-state index contributed by atoms with van der Waals surface area (Å²) in [7, 11) is -3.49. The van der Waals surface area contributed by atoms with E-state index in [1.54, 1.807) is 0 Å². The largest absolute Gasteiger partial charge is 0.311 e. The molecule has 0 spiro atoms. The molecule has 0 amide bonds. The minimum absolute atomic E-state index is 0.0885. The molecule has 1 N–H and O–H groups in total. The molecule has 19 heavy (non-hydrogen) atoms. The van der Waals surface area contributed by atoms with Crippen molar-refractivity contribution < 1.29 is 8.42 Å². The summed E-state index contributed by atoms with van der Waals surface area (Å²) in [5.74, 6) is 0. The Labute approximate surface area is 113 Å². The van der Waals surface area contributed by atoms with Gasteiger partial charge in [-0.25, -0.2) is 8.42 Å². The molecule has 1 fully saturated rings. The maximum Gasteiger partial charge on any atom is 0.243 e. The molecule has 1 aromatic rings. The van der Waals surface area contributed by atoms with Gasteiger partial charge in [-0.3, -0.25) is 0 Å². The molecule has 0 aliphatic carbocycles. The molecule has 1 saturated heterocycles. The lowest BCUT2D eigenvalue weighted by atomic mass is 10.1. The predicted octanol–water partition coefficient (Wildman–Crippen LogP) is 0.929. The maximum atomic E-state index is 12.6. The van der Waals surface area contributed by atoms with Crippen molar-refractivity contribution >= 4 is 10.0 Å². The SMILES string of the molecule is CC1NCCN(S(=O)(=O)c2ccc(C#N)cc2)C1C. The fourth-order valence-corrected chi connectivity index (χ4v) is 3.90. The van der Waals surface area contributed by atoms with Gasteiger partial charge in [0.25, 0.3) is 0 Å². The topological polar surface area (TPSA) is 73.2 Å². The molecule has 1 aliphatic heterocycles. The van der Waals surface area contributed by atoms with E-state index in [4.69, 9.17) is 5.26 Å². The van der Waals surface area contributed by atoms with Gasteiger partial charge in [0.2, 0.25) is 10.0 Å². The van der Waals surface area contributed by atoms with Gasteiger partial charge in [-0.2, -0.15) is 9.57 Å². The van der Waals surface area contributed by atoms with E-state index >= 15 is 0 Å². The Balaban J connectivity index is 2.33. The van der Waals surface area contributed by atoms with Crippen molar-refractivity contribution in [1.29, 1.82) is 5.26 Å². The fourth-order valence-electron chi connectivity index (χ4n) is 2.20. The number of sulfonamides is 1. The van der Waals surface area contributed by atoms with Gasteiger partial charge in [0, 0.05) is 25.2 Å². The van der Waals surface area contributed by atoms with Gasteiger partial charge in [0.15, 0.2) is 0 Å². The normalized spacial score (nSPS) is 24.9. The van der Waals surface area contributed by atoms with Gasteiger partial charge < -0.3 is 5.32 Å². The van der Waals surface area contributed by atoms with E-state index in [1.165, 1.54) is 28.6 Å². The number of nitrogens with zero attached hydrogens (tertiary/aromatic N) is 2. The monoisotopic (exact) mass is 279 g/mol. The number of benzene rings is 1. The van der Waals surface area contributed by atoms with Crippen LogP contribution in [0.15, 0.2) is 29.2 Å². The average Bonchev–Trinajstić information content (AvgIpc) is 2.41. The van der Waals surface area contributed by atoms with Crippen LogP contribution in [0.4, 0.5) is 0 Å². The smallest absolute Gasteiger partial charge is 0.243 e. The Morgan fingerprint density at radius 1 is 1.32 bits per heavy atom. The van der Waals surface area contributed by atoms with E-state index in [-0.39, 0.29) is 17.0 Å². The first-order chi connectivity index (χ1) is 8.96. The maximum absolute atomic E-state index is 12.6. The lowest BCUT2D eigenvalue weighted by Gasteiger charge is -2.37. The van der Waals surface area contributed by atoms with E-state index in [2.05, 4.69) is 5.32 Å². The van der Waals surface area contributed by atoms with Crippen molar-refractivity contribution in [1.82, 2.24) is 9.62 Å². The Morgan fingerprint density at radius 3 is 2.53 bits per heavy atom. The quantitative estimate of drug-likeness (QED) is 0.874. The first kappa shape index (κ1) is 14.0. The molecule has 5 nitrogen and oxygen atoms in total. The molecule has 1 aliphatic rings. The number of hydrogen-bond donors (Lipinski definition) is 1. The first-order valence-electron chi connectivity index (χ1n) is 6.22. The zero-order valence-electron chi connectivity index (χ0n) is 11.0. The molecular weight excluding hydrogens is 262 g/mol. The standard InChI is InChI=1S/C13H17N3O2S/c1-10-11(2)16(8-7-15-10)19(17,18)13-5-3-12(9-14)4-6-13/h3-6,10-11,15H,7-8H2,1-2H3. The summed E-state index contributed by atoms with van der Waals surface area (Å²) in [6.45, 7) is 5.00. The molecular formula is C13H17N3O2S. The second-order valence-corrected chi connectivity index (χ2v) is 6.63. The van der Waals surface area contributed by atoms with Crippen LogP contribution < -0.4 is 5.32 Å². The molecule has 0 saturated carbocycles. The summed E-state index contributed by atoms with van der Waals surface area (Å²) in [5.41, 5.74) is 0.459. The van der Waals surface area contributed by atoms with Gasteiger partial charge in [-0.1, -0.05) is 0 Å². The lowest BCUT2D eigenvalue weighted by molar-refractivity contribution is 0.233. The summed E-state index contributed by atoms with van der Waals surface area (Å²) in [4.78, 5) is 0.243. The van der Waals surface area contributed by atoms with E-state index in [9.17, 15) is 8.42 Å². The molecule has 1 aromatic carbocycles. The van der Waals surface area contributed by atoms with Crippen LogP contribution in [0.2, 0.25) is 0 Å². The second kappa shape index (κ2) is 5.29. The minimum atomic E-state index is -3.49. The van der Waals surface area contributed by atoms with E-state index in [1.807, 2.05) is 19.9 Å². The van der Waals surface area contributed by atoms with Crippen molar-refractivity contribution in [3.63, 3.8) is 0 Å². The third-order valence-corrected chi connectivity index (χ3v) is 5.57. The van der Waals surface area contributed by atoms with E-state index < -0.39 is 10.0 Å². The number of piperazine rings is 1. The summed E-state index contributed by atoms with van der Waals surface area (Å²) < 4.78 is 26.6. The van der Waals surface area contributed by atoms with Crippen LogP contribution in [0.5, 0.6) is 0 Å². The van der Waals surface area contributed by atoms with Crippen LogP contribution >= 0.6 is 0 Å². The third kappa shape index (κ3) is 2.63. The zero-order valence-corrected chi connectivity index (χ0v) is 11.8. The highest BCUT2D eigenvalue weighted by Gasteiger charge is 2.34. The van der Waals surface area contributed by atoms with Crippen molar-refractivity contribution in [3.8, 4) is 6.07 Å². The van der Waals surface area contributed by atoms with E-state index in [0.717, 1.165) is 0 Å². The summed E-state index contributed by atoms with van der Waals surface area (Å²) in [6.07, 6.45) is 0.